The quantitative estimate of drug-likeness (QED) is 0.0631. The van der Waals surface area contributed by atoms with Crippen LogP contribution >= 0.6 is 11.6 Å². The minimum Gasteiger partial charge on any atom is -0.468 e. The van der Waals surface area contributed by atoms with Crippen LogP contribution in [0.3, 0.4) is 0 Å². The van der Waals surface area contributed by atoms with E-state index in [0.29, 0.717) is 53.8 Å². The minimum atomic E-state index is -2.35. The lowest BCUT2D eigenvalue weighted by Crippen LogP contribution is -2.57. The van der Waals surface area contributed by atoms with E-state index in [1.807, 2.05) is 37.8 Å². The van der Waals surface area contributed by atoms with Crippen molar-refractivity contribution in [3.8, 4) is 34.4 Å². The van der Waals surface area contributed by atoms with Gasteiger partial charge in [0.15, 0.2) is 12.6 Å². The van der Waals surface area contributed by atoms with Gasteiger partial charge in [-0.25, -0.2) is 18.0 Å². The standard InChI is InChI=1S/C50H61ClF3N5O5Si/c1-29(2)65(30(3)4,31(5)6)19-16-37-41(53)15-12-32-20-36(63-28-61-10)21-38(42(32)37)43-40(51)22-39-45(44(43)54)55-47(62-27-50-17-11-18-58(50)24-33(52)23-50)56-46(39)57-25-34-13-14-35(26-57)59(34)48(60)64-49(7,8)9/h12-15,20-22,29-31,33-35H,11,17-18,23-28H2,1-10H3/t33-,34?,35?,50+/m1/s1. The number of piperazine rings is 1. The van der Waals surface area contributed by atoms with Crippen molar-refractivity contribution < 1.29 is 36.9 Å². The van der Waals surface area contributed by atoms with E-state index in [0.717, 1.165) is 19.4 Å². The smallest absolute Gasteiger partial charge is 0.411 e. The van der Waals surface area contributed by atoms with Crippen LogP contribution in [0.1, 0.15) is 87.1 Å². The van der Waals surface area contributed by atoms with Gasteiger partial charge in [0.25, 0.3) is 0 Å². The Morgan fingerprint density at radius 3 is 2.32 bits per heavy atom. The molecule has 1 aromatic heterocycles. The van der Waals surface area contributed by atoms with Gasteiger partial charge in [0.05, 0.1) is 28.2 Å². The molecule has 1 amide bonds. The van der Waals surface area contributed by atoms with E-state index in [-0.39, 0.29) is 75.3 Å². The Kier molecular flexibility index (Phi) is 12.9. The Bertz CT molecular complexity index is 2560. The fourth-order valence-electron chi connectivity index (χ4n) is 11.2. The van der Waals surface area contributed by atoms with Crippen LogP contribution in [0.15, 0.2) is 42.5 Å². The molecule has 3 fully saturated rings. The lowest BCUT2D eigenvalue weighted by Gasteiger charge is -2.42. The minimum absolute atomic E-state index is 0.0236. The Morgan fingerprint density at radius 2 is 1.68 bits per heavy atom. The molecular formula is C50H61ClF3N5O5Si. The fraction of sp³-hybridized carbons (Fsp3) is 0.540. The van der Waals surface area contributed by atoms with Crippen LogP contribution in [0.2, 0.25) is 21.6 Å². The summed E-state index contributed by atoms with van der Waals surface area (Å²) in [4.78, 5) is 29.0. The molecule has 15 heteroatoms. The summed E-state index contributed by atoms with van der Waals surface area (Å²) in [7, 11) is -0.851. The van der Waals surface area contributed by atoms with Crippen molar-refractivity contribution in [2.75, 3.05) is 51.6 Å². The second kappa shape index (κ2) is 17.9. The number of anilines is 1. The van der Waals surface area contributed by atoms with Gasteiger partial charge in [-0.3, -0.25) is 9.80 Å². The van der Waals surface area contributed by atoms with E-state index in [1.165, 1.54) is 13.2 Å². The summed E-state index contributed by atoms with van der Waals surface area (Å²) in [6, 6.07) is 7.26. The summed E-state index contributed by atoms with van der Waals surface area (Å²) in [5, 5.41) is 1.31. The average molecular weight is 933 g/mol. The second-order valence-electron chi connectivity index (χ2n) is 20.1. The number of hydrogen-bond donors (Lipinski definition) is 0. The van der Waals surface area contributed by atoms with Crippen LogP contribution in [-0.2, 0) is 9.47 Å². The highest BCUT2D eigenvalue weighted by molar-refractivity contribution is 6.90. The first-order valence-electron chi connectivity index (χ1n) is 22.8. The molecule has 0 aliphatic carbocycles. The summed E-state index contributed by atoms with van der Waals surface area (Å²) >= 11 is 7.28. The largest absolute Gasteiger partial charge is 0.468 e. The third kappa shape index (κ3) is 8.67. The highest BCUT2D eigenvalue weighted by atomic mass is 35.5. The van der Waals surface area contributed by atoms with E-state index in [9.17, 15) is 9.18 Å². The lowest BCUT2D eigenvalue weighted by molar-refractivity contribution is 0.0146. The van der Waals surface area contributed by atoms with E-state index >= 15 is 8.78 Å². The molecule has 0 N–H and O–H groups in total. The zero-order valence-corrected chi connectivity index (χ0v) is 40.9. The Hall–Kier alpha value is -4.55. The number of fused-ring (bicyclic) bond motifs is 5. The van der Waals surface area contributed by atoms with Crippen molar-refractivity contribution in [1.82, 2.24) is 19.8 Å². The van der Waals surface area contributed by atoms with Crippen molar-refractivity contribution in [3.63, 3.8) is 0 Å². The van der Waals surface area contributed by atoms with Crippen molar-refractivity contribution in [2.24, 2.45) is 0 Å². The topological polar surface area (TPSA) is 89.5 Å². The predicted molar refractivity (Wildman–Crippen MR) is 253 cm³/mol. The number of nitrogens with zero attached hydrogens (tertiary/aromatic N) is 5. The molecule has 5 heterocycles. The number of amides is 1. The third-order valence-corrected chi connectivity index (χ3v) is 20.6. The summed E-state index contributed by atoms with van der Waals surface area (Å²) in [5.74, 6) is 2.74. The molecule has 3 saturated heterocycles. The maximum atomic E-state index is 18.1. The fourth-order valence-corrected chi connectivity index (χ4v) is 16.7. The van der Waals surface area contributed by atoms with E-state index < -0.39 is 43.1 Å². The summed E-state index contributed by atoms with van der Waals surface area (Å²) in [5.41, 5.74) is 3.64. The summed E-state index contributed by atoms with van der Waals surface area (Å²) in [6.07, 6.45) is 4.55. The molecule has 8 rings (SSSR count). The first-order valence-corrected chi connectivity index (χ1v) is 25.5. The number of benzene rings is 3. The monoisotopic (exact) mass is 931 g/mol. The van der Waals surface area contributed by atoms with Gasteiger partial charge in [-0.15, -0.1) is 5.54 Å². The maximum Gasteiger partial charge on any atom is 0.411 e. The van der Waals surface area contributed by atoms with Crippen molar-refractivity contribution >= 4 is 53.3 Å². The van der Waals surface area contributed by atoms with E-state index in [2.05, 4.69) is 57.9 Å². The molecule has 348 valence electrons. The molecule has 2 bridgehead atoms. The van der Waals surface area contributed by atoms with Crippen molar-refractivity contribution in [2.45, 2.75) is 128 Å². The molecule has 0 radical (unpaired) electrons. The maximum absolute atomic E-state index is 18.1. The number of hydrogen-bond acceptors (Lipinski definition) is 9. The van der Waals surface area contributed by atoms with Crippen molar-refractivity contribution in [1.29, 1.82) is 0 Å². The van der Waals surface area contributed by atoms with E-state index in [4.69, 9.17) is 40.5 Å². The van der Waals surface area contributed by atoms with Gasteiger partial charge in [-0.1, -0.05) is 77.3 Å². The third-order valence-electron chi connectivity index (χ3n) is 14.0. The average Bonchev–Trinajstić information content (AvgIpc) is 3.85. The van der Waals surface area contributed by atoms with Gasteiger partial charge in [0.1, 0.15) is 49.4 Å². The van der Waals surface area contributed by atoms with Gasteiger partial charge >= 0.3 is 12.1 Å². The number of aromatic nitrogens is 2. The Morgan fingerprint density at radius 1 is 0.985 bits per heavy atom. The molecular weight excluding hydrogens is 871 g/mol. The molecule has 4 atom stereocenters. The number of carbonyl (C=O) groups excluding carboxylic acids is 1. The highest BCUT2D eigenvalue weighted by Gasteiger charge is 2.50. The number of halogens is 4. The highest BCUT2D eigenvalue weighted by Crippen LogP contribution is 2.46. The molecule has 10 nitrogen and oxygen atoms in total. The van der Waals surface area contributed by atoms with Crippen LogP contribution in [0.5, 0.6) is 11.8 Å². The van der Waals surface area contributed by atoms with Crippen molar-refractivity contribution in [3.05, 3.63) is 64.7 Å². The Balaban J connectivity index is 1.31. The van der Waals surface area contributed by atoms with E-state index in [1.54, 1.807) is 29.2 Å². The summed E-state index contributed by atoms with van der Waals surface area (Å²) < 4.78 is 72.8. The zero-order valence-electron chi connectivity index (χ0n) is 39.2. The second-order valence-corrected chi connectivity index (χ2v) is 26.1. The van der Waals surface area contributed by atoms with Gasteiger partial charge in [-0.2, -0.15) is 9.97 Å². The predicted octanol–water partition coefficient (Wildman–Crippen LogP) is 11.3. The van der Waals surface area contributed by atoms with Crippen LogP contribution < -0.4 is 14.4 Å². The molecule has 4 aromatic rings. The zero-order chi connectivity index (χ0) is 46.7. The van der Waals surface area contributed by atoms with Crippen LogP contribution in [0.4, 0.5) is 23.8 Å². The molecule has 0 spiro atoms. The molecule has 4 aliphatic rings. The van der Waals surface area contributed by atoms with Gasteiger partial charge in [-0.05, 0) is 92.0 Å². The first-order chi connectivity index (χ1) is 30.8. The number of carbonyl (C=O) groups is 1. The molecule has 3 aromatic carbocycles. The molecule has 0 saturated carbocycles. The normalized spacial score (nSPS) is 22.1. The van der Waals surface area contributed by atoms with Crippen LogP contribution in [0.25, 0.3) is 32.8 Å². The number of rotatable bonds is 11. The van der Waals surface area contributed by atoms with Crippen LogP contribution in [-0.4, -0.2) is 110 Å². The summed E-state index contributed by atoms with van der Waals surface area (Å²) in [6.45, 7) is 20.4. The number of ether oxygens (including phenoxy) is 4. The number of alkyl halides is 1. The Labute approximate surface area is 386 Å². The molecule has 4 aliphatic heterocycles. The van der Waals surface area contributed by atoms with Gasteiger partial charge < -0.3 is 23.8 Å². The first kappa shape index (κ1) is 47.0. The SMILES string of the molecule is COCOc1cc(-c2c(Cl)cc3c(N4CC5C=CC(C4)N5C(=O)OC(C)(C)C)nc(OC[C@@]45CCCN4C[C@H](F)C5)nc3c2F)c2c(C#C[Si](C(C)C)(C(C)C)C(C)C)c(F)ccc2c1. The lowest BCUT2D eigenvalue weighted by atomic mass is 9.93. The van der Waals surface area contributed by atoms with Gasteiger partial charge in [0.2, 0.25) is 0 Å². The van der Waals surface area contributed by atoms with Gasteiger partial charge in [0, 0.05) is 49.5 Å². The number of methoxy groups -OCH3 is 1. The van der Waals surface area contributed by atoms with Crippen LogP contribution in [0, 0.1) is 23.1 Å². The molecule has 2 unspecified atom stereocenters. The molecule has 65 heavy (non-hydrogen) atoms.